The molecule has 0 unspecified atom stereocenters. The van der Waals surface area contributed by atoms with Crippen LogP contribution in [0.3, 0.4) is 0 Å². The van der Waals surface area contributed by atoms with Gasteiger partial charge >= 0.3 is 0 Å². The van der Waals surface area contributed by atoms with Crippen LogP contribution >= 0.6 is 23.4 Å². The molecule has 0 aliphatic rings. The maximum atomic E-state index is 5.88. The van der Waals surface area contributed by atoms with Gasteiger partial charge < -0.3 is 4.74 Å². The summed E-state index contributed by atoms with van der Waals surface area (Å²) in [5.74, 6) is 1.64. The number of hydrogen-bond donors (Lipinski definition) is 0. The molecule has 0 spiro atoms. The SMILES string of the molecule is Clc1ccc(SCCOc2ccccc2/C=N\n2cnnc2)cc1. The van der Waals surface area contributed by atoms with Crippen LogP contribution in [0.25, 0.3) is 0 Å². The van der Waals surface area contributed by atoms with Crippen LogP contribution in [0, 0.1) is 0 Å². The Morgan fingerprint density at radius 2 is 1.83 bits per heavy atom. The van der Waals surface area contributed by atoms with Crippen molar-refractivity contribution >= 4 is 29.6 Å². The Morgan fingerprint density at radius 3 is 2.62 bits per heavy atom. The van der Waals surface area contributed by atoms with Gasteiger partial charge in [-0.3, -0.25) is 0 Å². The summed E-state index contributed by atoms with van der Waals surface area (Å²) in [6.07, 6.45) is 4.79. The molecule has 2 aromatic carbocycles. The van der Waals surface area contributed by atoms with Crippen LogP contribution in [0.15, 0.2) is 71.2 Å². The van der Waals surface area contributed by atoms with Crippen LogP contribution < -0.4 is 4.74 Å². The van der Waals surface area contributed by atoms with Crippen LogP contribution in [0.4, 0.5) is 0 Å². The fourth-order valence-electron chi connectivity index (χ4n) is 1.94. The lowest BCUT2D eigenvalue weighted by Crippen LogP contribution is -2.02. The lowest BCUT2D eigenvalue weighted by molar-refractivity contribution is 0.343. The van der Waals surface area contributed by atoms with Gasteiger partial charge in [0.25, 0.3) is 0 Å². The molecule has 0 saturated heterocycles. The largest absolute Gasteiger partial charge is 0.492 e. The normalized spacial score (nSPS) is 11.0. The molecule has 0 atom stereocenters. The first-order valence-electron chi connectivity index (χ1n) is 7.30. The highest BCUT2D eigenvalue weighted by Gasteiger charge is 2.01. The second kappa shape index (κ2) is 8.52. The standard InChI is InChI=1S/C17H15ClN4OS/c18-15-5-7-16(8-6-15)24-10-9-23-17-4-2-1-3-14(17)11-21-22-12-19-20-13-22/h1-8,11-13H,9-10H2/b21-11-. The van der Waals surface area contributed by atoms with E-state index in [1.54, 1.807) is 18.0 Å². The maximum Gasteiger partial charge on any atom is 0.141 e. The summed E-state index contributed by atoms with van der Waals surface area (Å²) in [5.41, 5.74) is 0.905. The molecule has 0 N–H and O–H groups in total. The van der Waals surface area contributed by atoms with Crippen molar-refractivity contribution in [1.29, 1.82) is 0 Å². The quantitative estimate of drug-likeness (QED) is 0.364. The Labute approximate surface area is 149 Å². The number of thioether (sulfide) groups is 1. The predicted molar refractivity (Wildman–Crippen MR) is 97.1 cm³/mol. The number of para-hydroxylation sites is 1. The zero-order chi connectivity index (χ0) is 16.6. The second-order valence-electron chi connectivity index (χ2n) is 4.78. The molecule has 1 aromatic heterocycles. The van der Waals surface area contributed by atoms with Crippen LogP contribution in [0.5, 0.6) is 5.75 Å². The Bertz CT molecular complexity index is 791. The minimum absolute atomic E-state index is 0.602. The van der Waals surface area contributed by atoms with Crippen molar-refractivity contribution in [1.82, 2.24) is 14.9 Å². The van der Waals surface area contributed by atoms with Crippen LogP contribution in [-0.4, -0.2) is 33.4 Å². The van der Waals surface area contributed by atoms with Gasteiger partial charge in [-0.1, -0.05) is 23.7 Å². The highest BCUT2D eigenvalue weighted by atomic mass is 35.5. The third kappa shape index (κ3) is 4.84. The maximum absolute atomic E-state index is 5.88. The molecule has 0 saturated carbocycles. The number of aromatic nitrogens is 3. The molecule has 24 heavy (non-hydrogen) atoms. The highest BCUT2D eigenvalue weighted by Crippen LogP contribution is 2.21. The molecule has 3 rings (SSSR count). The molecule has 0 aliphatic carbocycles. The molecule has 0 amide bonds. The van der Waals surface area contributed by atoms with Gasteiger partial charge in [-0.25, -0.2) is 4.68 Å². The van der Waals surface area contributed by atoms with Gasteiger partial charge in [0.1, 0.15) is 18.4 Å². The Kier molecular flexibility index (Phi) is 5.87. The Balaban J connectivity index is 1.54. The minimum Gasteiger partial charge on any atom is -0.492 e. The van der Waals surface area contributed by atoms with Crippen LogP contribution in [0.2, 0.25) is 5.02 Å². The molecule has 3 aromatic rings. The lowest BCUT2D eigenvalue weighted by Gasteiger charge is -2.08. The summed E-state index contributed by atoms with van der Waals surface area (Å²) in [7, 11) is 0. The van der Waals surface area contributed by atoms with E-state index in [4.69, 9.17) is 16.3 Å². The van der Waals surface area contributed by atoms with Gasteiger partial charge in [0.15, 0.2) is 0 Å². The zero-order valence-corrected chi connectivity index (χ0v) is 14.3. The average molecular weight is 359 g/mol. The van der Waals surface area contributed by atoms with Crippen molar-refractivity contribution in [2.24, 2.45) is 5.10 Å². The molecule has 5 nitrogen and oxygen atoms in total. The summed E-state index contributed by atoms with van der Waals surface area (Å²) < 4.78 is 7.41. The molecule has 0 bridgehead atoms. The van der Waals surface area contributed by atoms with Crippen LogP contribution in [-0.2, 0) is 0 Å². The number of nitrogens with zero attached hydrogens (tertiary/aromatic N) is 4. The highest BCUT2D eigenvalue weighted by molar-refractivity contribution is 7.99. The van der Waals surface area contributed by atoms with Crippen molar-refractivity contribution in [2.75, 3.05) is 12.4 Å². The summed E-state index contributed by atoms with van der Waals surface area (Å²) in [6, 6.07) is 15.6. The van der Waals surface area contributed by atoms with Gasteiger partial charge in [0.2, 0.25) is 0 Å². The molecule has 122 valence electrons. The monoisotopic (exact) mass is 358 g/mol. The fraction of sp³-hybridized carbons (Fsp3) is 0.118. The van der Waals surface area contributed by atoms with Gasteiger partial charge in [-0.15, -0.1) is 22.0 Å². The van der Waals surface area contributed by atoms with Gasteiger partial charge in [-0.05, 0) is 36.4 Å². The van der Waals surface area contributed by atoms with Gasteiger partial charge in [0, 0.05) is 21.2 Å². The first-order chi connectivity index (χ1) is 11.8. The summed E-state index contributed by atoms with van der Waals surface area (Å²) in [5, 5.41) is 12.4. The molecule has 7 heteroatoms. The number of ether oxygens (including phenoxy) is 1. The van der Waals surface area contributed by atoms with E-state index in [0.717, 1.165) is 22.1 Å². The molecule has 0 fully saturated rings. The summed E-state index contributed by atoms with van der Waals surface area (Å²) in [4.78, 5) is 1.17. The van der Waals surface area contributed by atoms with E-state index in [1.807, 2.05) is 48.5 Å². The molecular formula is C17H15ClN4OS. The van der Waals surface area contributed by atoms with Crippen molar-refractivity contribution in [2.45, 2.75) is 4.90 Å². The first-order valence-corrected chi connectivity index (χ1v) is 8.67. The van der Waals surface area contributed by atoms with Crippen LogP contribution in [0.1, 0.15) is 5.56 Å². The molecular weight excluding hydrogens is 344 g/mol. The lowest BCUT2D eigenvalue weighted by atomic mass is 10.2. The van der Waals surface area contributed by atoms with Crippen molar-refractivity contribution in [3.63, 3.8) is 0 Å². The molecule has 0 aliphatic heterocycles. The number of rotatable bonds is 7. The van der Waals surface area contributed by atoms with E-state index in [2.05, 4.69) is 15.3 Å². The Morgan fingerprint density at radius 1 is 1.08 bits per heavy atom. The van der Waals surface area contributed by atoms with E-state index >= 15 is 0 Å². The zero-order valence-electron chi connectivity index (χ0n) is 12.7. The summed E-state index contributed by atoms with van der Waals surface area (Å²) >= 11 is 7.61. The van der Waals surface area contributed by atoms with E-state index in [9.17, 15) is 0 Å². The summed E-state index contributed by atoms with van der Waals surface area (Å²) in [6.45, 7) is 0.602. The van der Waals surface area contributed by atoms with E-state index in [-0.39, 0.29) is 0 Å². The van der Waals surface area contributed by atoms with Crippen molar-refractivity contribution in [3.05, 3.63) is 71.8 Å². The number of hydrogen-bond acceptors (Lipinski definition) is 5. The molecule has 1 heterocycles. The van der Waals surface area contributed by atoms with E-state index < -0.39 is 0 Å². The minimum atomic E-state index is 0.602. The van der Waals surface area contributed by atoms with Crippen molar-refractivity contribution in [3.8, 4) is 5.75 Å². The van der Waals surface area contributed by atoms with E-state index in [0.29, 0.717) is 6.61 Å². The smallest absolute Gasteiger partial charge is 0.141 e. The Hall–Kier alpha value is -2.31. The average Bonchev–Trinajstić information content (AvgIpc) is 3.13. The van der Waals surface area contributed by atoms with Crippen molar-refractivity contribution < 1.29 is 4.74 Å². The van der Waals surface area contributed by atoms with E-state index in [1.165, 1.54) is 22.2 Å². The fourth-order valence-corrected chi connectivity index (χ4v) is 2.80. The second-order valence-corrected chi connectivity index (χ2v) is 6.38. The number of benzene rings is 2. The number of halogens is 1. The van der Waals surface area contributed by atoms with Gasteiger partial charge in [0.05, 0.1) is 12.8 Å². The predicted octanol–water partition coefficient (Wildman–Crippen LogP) is 3.98. The third-order valence-corrected chi connectivity index (χ3v) is 4.31. The van der Waals surface area contributed by atoms with Gasteiger partial charge in [-0.2, -0.15) is 5.10 Å². The third-order valence-electron chi connectivity index (χ3n) is 3.08. The topological polar surface area (TPSA) is 52.3 Å². The first kappa shape index (κ1) is 16.5. The molecule has 0 radical (unpaired) electrons.